The van der Waals surface area contributed by atoms with Gasteiger partial charge in [0.25, 0.3) is 0 Å². The number of hydrogen-bond donors (Lipinski definition) is 1. The molecule has 0 saturated carbocycles. The van der Waals surface area contributed by atoms with Crippen molar-refractivity contribution < 1.29 is 9.52 Å². The molecule has 1 N–H and O–H groups in total. The fourth-order valence-electron chi connectivity index (χ4n) is 3.12. The molecule has 0 fully saturated rings. The third-order valence-corrected chi connectivity index (χ3v) is 6.15. The van der Waals surface area contributed by atoms with E-state index in [0.29, 0.717) is 17.9 Å². The fraction of sp³-hybridized carbons (Fsp3) is 0.143. The number of aliphatic imine (C=N–C) groups is 1. The standard InChI is InChI=1S/C21H16BrNO3S/c1-12-9-17(24)20(21(25)26-12)16-11-19(13-5-4-6-14(22)10-13)27-18-8-3-2-7-15(18)23-16/h2-10,19,24H,11H2,1H3/t19-/m0/s1. The second-order valence-electron chi connectivity index (χ2n) is 6.30. The molecular weight excluding hydrogens is 426 g/mol. The average Bonchev–Trinajstić information content (AvgIpc) is 2.80. The number of benzene rings is 2. The fourth-order valence-corrected chi connectivity index (χ4v) is 4.76. The summed E-state index contributed by atoms with van der Waals surface area (Å²) in [5, 5.41) is 10.5. The van der Waals surface area contributed by atoms with Crippen LogP contribution in [0.5, 0.6) is 5.75 Å². The van der Waals surface area contributed by atoms with Gasteiger partial charge in [0.05, 0.1) is 11.4 Å². The minimum atomic E-state index is -0.566. The SMILES string of the molecule is Cc1cc(O)c(C2=Nc3ccccc3S[C@H](c3cccc(Br)c3)C2)c(=O)o1. The Kier molecular flexibility index (Phi) is 4.93. The monoisotopic (exact) mass is 441 g/mol. The summed E-state index contributed by atoms with van der Waals surface area (Å²) in [6.45, 7) is 1.63. The lowest BCUT2D eigenvalue weighted by atomic mass is 10.0. The highest BCUT2D eigenvalue weighted by molar-refractivity contribution is 9.10. The van der Waals surface area contributed by atoms with Crippen LogP contribution < -0.4 is 5.63 Å². The van der Waals surface area contributed by atoms with E-state index in [4.69, 9.17) is 9.41 Å². The molecule has 0 unspecified atom stereocenters. The quantitative estimate of drug-likeness (QED) is 0.547. The molecule has 4 nitrogen and oxygen atoms in total. The first-order valence-corrected chi connectivity index (χ1v) is 10.1. The van der Waals surface area contributed by atoms with Gasteiger partial charge < -0.3 is 9.52 Å². The molecule has 1 aromatic heterocycles. The zero-order valence-electron chi connectivity index (χ0n) is 14.5. The molecule has 27 heavy (non-hydrogen) atoms. The van der Waals surface area contributed by atoms with Gasteiger partial charge in [-0.25, -0.2) is 4.79 Å². The first-order chi connectivity index (χ1) is 13.0. The molecule has 0 aliphatic carbocycles. The van der Waals surface area contributed by atoms with Gasteiger partial charge in [-0.3, -0.25) is 4.99 Å². The third kappa shape index (κ3) is 3.73. The number of para-hydroxylation sites is 1. The molecule has 0 bridgehead atoms. The predicted octanol–water partition coefficient (Wildman–Crippen LogP) is 5.77. The molecule has 0 amide bonds. The summed E-state index contributed by atoms with van der Waals surface area (Å²) < 4.78 is 6.22. The lowest BCUT2D eigenvalue weighted by molar-refractivity contribution is 0.432. The highest BCUT2D eigenvalue weighted by Crippen LogP contribution is 2.46. The van der Waals surface area contributed by atoms with E-state index >= 15 is 0 Å². The van der Waals surface area contributed by atoms with Gasteiger partial charge in [0.1, 0.15) is 17.1 Å². The maximum Gasteiger partial charge on any atom is 0.348 e. The molecular formula is C21H16BrNO3S. The van der Waals surface area contributed by atoms with Crippen molar-refractivity contribution in [2.45, 2.75) is 23.5 Å². The first kappa shape index (κ1) is 18.1. The van der Waals surface area contributed by atoms with Crippen molar-refractivity contribution in [2.75, 3.05) is 0 Å². The van der Waals surface area contributed by atoms with Crippen LogP contribution in [-0.2, 0) is 0 Å². The molecule has 2 aromatic carbocycles. The number of nitrogens with zero attached hydrogens (tertiary/aromatic N) is 1. The van der Waals surface area contributed by atoms with Gasteiger partial charge in [0.15, 0.2) is 0 Å². The highest BCUT2D eigenvalue weighted by atomic mass is 79.9. The first-order valence-electron chi connectivity index (χ1n) is 8.44. The Morgan fingerprint density at radius 1 is 1.19 bits per heavy atom. The number of aryl methyl sites for hydroxylation is 1. The van der Waals surface area contributed by atoms with Crippen molar-refractivity contribution in [3.8, 4) is 5.75 Å². The van der Waals surface area contributed by atoms with Crippen LogP contribution in [0.3, 0.4) is 0 Å². The van der Waals surface area contributed by atoms with Crippen LogP contribution in [0.2, 0.25) is 0 Å². The zero-order valence-corrected chi connectivity index (χ0v) is 16.9. The van der Waals surface area contributed by atoms with Crippen LogP contribution in [0.1, 0.15) is 28.6 Å². The maximum atomic E-state index is 12.5. The number of thioether (sulfide) groups is 1. The Balaban J connectivity index is 1.88. The Labute approximate surface area is 169 Å². The van der Waals surface area contributed by atoms with E-state index in [1.165, 1.54) is 6.07 Å². The number of fused-ring (bicyclic) bond motifs is 1. The van der Waals surface area contributed by atoms with E-state index in [9.17, 15) is 9.90 Å². The minimum Gasteiger partial charge on any atom is -0.507 e. The Morgan fingerprint density at radius 2 is 2.00 bits per heavy atom. The van der Waals surface area contributed by atoms with Gasteiger partial charge in [-0.2, -0.15) is 0 Å². The summed E-state index contributed by atoms with van der Waals surface area (Å²) in [6.07, 6.45) is 0.497. The van der Waals surface area contributed by atoms with E-state index in [1.54, 1.807) is 18.7 Å². The Morgan fingerprint density at radius 3 is 2.78 bits per heavy atom. The molecule has 1 aliphatic heterocycles. The Bertz CT molecular complexity index is 1110. The second kappa shape index (κ2) is 7.37. The smallest absolute Gasteiger partial charge is 0.348 e. The number of rotatable bonds is 2. The molecule has 136 valence electrons. The van der Waals surface area contributed by atoms with Gasteiger partial charge >= 0.3 is 5.63 Å². The molecule has 0 radical (unpaired) electrons. The molecule has 1 atom stereocenters. The van der Waals surface area contributed by atoms with Crippen LogP contribution in [0.4, 0.5) is 5.69 Å². The Hall–Kier alpha value is -2.31. The van der Waals surface area contributed by atoms with Gasteiger partial charge in [-0.05, 0) is 36.8 Å². The van der Waals surface area contributed by atoms with E-state index in [-0.39, 0.29) is 16.6 Å². The summed E-state index contributed by atoms with van der Waals surface area (Å²) in [5.74, 6) is 0.272. The van der Waals surface area contributed by atoms with Crippen LogP contribution in [-0.4, -0.2) is 10.8 Å². The molecule has 6 heteroatoms. The van der Waals surface area contributed by atoms with Crippen LogP contribution >= 0.6 is 27.7 Å². The zero-order chi connectivity index (χ0) is 19.0. The minimum absolute atomic E-state index is 0.0463. The van der Waals surface area contributed by atoms with Gasteiger partial charge in [0.2, 0.25) is 0 Å². The molecule has 0 spiro atoms. The molecule has 1 aliphatic rings. The normalized spacial score (nSPS) is 16.4. The summed E-state index contributed by atoms with van der Waals surface area (Å²) in [6, 6.07) is 17.4. The van der Waals surface area contributed by atoms with E-state index < -0.39 is 5.63 Å². The van der Waals surface area contributed by atoms with E-state index in [0.717, 1.165) is 20.6 Å². The van der Waals surface area contributed by atoms with Crippen molar-refractivity contribution in [2.24, 2.45) is 4.99 Å². The average molecular weight is 442 g/mol. The van der Waals surface area contributed by atoms with Crippen molar-refractivity contribution >= 4 is 39.1 Å². The topological polar surface area (TPSA) is 62.8 Å². The summed E-state index contributed by atoms with van der Waals surface area (Å²) >= 11 is 5.23. The molecule has 3 aromatic rings. The van der Waals surface area contributed by atoms with E-state index in [1.807, 2.05) is 36.4 Å². The van der Waals surface area contributed by atoms with Crippen molar-refractivity contribution in [3.05, 3.63) is 86.4 Å². The van der Waals surface area contributed by atoms with E-state index in [2.05, 4.69) is 28.1 Å². The number of aromatic hydroxyl groups is 1. The molecule has 0 saturated heterocycles. The summed E-state index contributed by atoms with van der Waals surface area (Å²) in [7, 11) is 0. The highest BCUT2D eigenvalue weighted by Gasteiger charge is 2.26. The lowest BCUT2D eigenvalue weighted by Crippen LogP contribution is -2.16. The van der Waals surface area contributed by atoms with Crippen LogP contribution in [0.25, 0.3) is 0 Å². The third-order valence-electron chi connectivity index (χ3n) is 4.33. The largest absolute Gasteiger partial charge is 0.507 e. The van der Waals surface area contributed by atoms with Crippen LogP contribution in [0.15, 0.2) is 78.2 Å². The number of halogens is 1. The van der Waals surface area contributed by atoms with Gasteiger partial charge in [-0.15, -0.1) is 11.8 Å². The second-order valence-corrected chi connectivity index (χ2v) is 8.46. The molecule has 2 heterocycles. The maximum absolute atomic E-state index is 12.5. The number of hydrogen-bond acceptors (Lipinski definition) is 5. The van der Waals surface area contributed by atoms with Crippen molar-refractivity contribution in [3.63, 3.8) is 0 Å². The molecule has 4 rings (SSSR count). The van der Waals surface area contributed by atoms with Crippen LogP contribution in [0, 0.1) is 6.92 Å². The predicted molar refractivity (Wildman–Crippen MR) is 111 cm³/mol. The van der Waals surface area contributed by atoms with Gasteiger partial charge in [-0.1, -0.05) is 40.2 Å². The van der Waals surface area contributed by atoms with Gasteiger partial charge in [0, 0.05) is 27.1 Å². The lowest BCUT2D eigenvalue weighted by Gasteiger charge is -2.16. The summed E-state index contributed by atoms with van der Waals surface area (Å²) in [5.41, 5.74) is 2.01. The van der Waals surface area contributed by atoms with Crippen molar-refractivity contribution in [1.29, 1.82) is 0 Å². The van der Waals surface area contributed by atoms with Crippen molar-refractivity contribution in [1.82, 2.24) is 0 Å². The summed E-state index contributed by atoms with van der Waals surface area (Å²) in [4.78, 5) is 18.2.